The van der Waals surface area contributed by atoms with Gasteiger partial charge in [-0.05, 0) is 69.5 Å². The summed E-state index contributed by atoms with van der Waals surface area (Å²) >= 11 is 0. The van der Waals surface area contributed by atoms with Crippen LogP contribution in [-0.4, -0.2) is 52.9 Å². The number of methoxy groups -OCH3 is 2. The number of rotatable bonds is 8. The van der Waals surface area contributed by atoms with Crippen molar-refractivity contribution in [2.75, 3.05) is 24.4 Å². The molecule has 1 N–H and O–H groups in total. The van der Waals surface area contributed by atoms with E-state index in [4.69, 9.17) is 9.47 Å². The zero-order chi connectivity index (χ0) is 36.3. The molecule has 0 bridgehead atoms. The van der Waals surface area contributed by atoms with Crippen LogP contribution in [0.2, 0.25) is 0 Å². The Morgan fingerprint density at radius 2 is 1.65 bits per heavy atom. The molecule has 2 atom stereocenters. The van der Waals surface area contributed by atoms with E-state index >= 15 is 0 Å². The van der Waals surface area contributed by atoms with Gasteiger partial charge in [-0.2, -0.15) is 26.3 Å². The summed E-state index contributed by atoms with van der Waals surface area (Å²) in [4.78, 5) is 40.0. The molecule has 1 aliphatic heterocycles. The Bertz CT molecular complexity index is 1690. The smallest absolute Gasteiger partial charge is 0.416 e. The lowest BCUT2D eigenvalue weighted by Crippen LogP contribution is -2.48. The quantitative estimate of drug-likeness (QED) is 0.143. The Morgan fingerprint density at radius 3 is 2.20 bits per heavy atom. The van der Waals surface area contributed by atoms with Gasteiger partial charge in [0.15, 0.2) is 0 Å². The van der Waals surface area contributed by atoms with E-state index in [1.54, 1.807) is 32.9 Å². The predicted molar refractivity (Wildman–Crippen MR) is 167 cm³/mol. The molecule has 0 unspecified atom stereocenters. The molecular weight excluding hydrogens is 660 g/mol. The molecule has 0 radical (unpaired) electrons. The van der Waals surface area contributed by atoms with Crippen LogP contribution in [-0.2, 0) is 33.0 Å². The minimum atomic E-state index is -5.05. The number of hydrogen-bond donors (Lipinski definition) is 1. The molecule has 0 saturated heterocycles. The van der Waals surface area contributed by atoms with Gasteiger partial charge in [0.25, 0.3) is 0 Å². The van der Waals surface area contributed by atoms with Crippen molar-refractivity contribution in [3.05, 3.63) is 76.2 Å². The van der Waals surface area contributed by atoms with Crippen molar-refractivity contribution in [2.24, 2.45) is 0 Å². The summed E-state index contributed by atoms with van der Waals surface area (Å²) in [6.45, 7) is 7.13. The van der Waals surface area contributed by atoms with Crippen LogP contribution in [0.3, 0.4) is 0 Å². The number of benzene rings is 1. The molecule has 49 heavy (non-hydrogen) atoms. The van der Waals surface area contributed by atoms with Crippen LogP contribution in [0.1, 0.15) is 80.2 Å². The van der Waals surface area contributed by atoms with E-state index in [0.717, 1.165) is 13.2 Å². The van der Waals surface area contributed by atoms with Gasteiger partial charge in [0.1, 0.15) is 5.60 Å². The van der Waals surface area contributed by atoms with E-state index < -0.39 is 53.6 Å². The van der Waals surface area contributed by atoms with Crippen LogP contribution >= 0.6 is 0 Å². The first-order chi connectivity index (χ1) is 22.8. The number of amides is 1. The van der Waals surface area contributed by atoms with Gasteiger partial charge in [-0.1, -0.05) is 6.92 Å². The first-order valence-corrected chi connectivity index (χ1v) is 15.1. The van der Waals surface area contributed by atoms with Crippen LogP contribution in [0.25, 0.3) is 6.08 Å². The minimum absolute atomic E-state index is 0.0159. The lowest BCUT2D eigenvalue weighted by atomic mass is 9.93. The maximum absolute atomic E-state index is 13.6. The van der Waals surface area contributed by atoms with E-state index in [-0.39, 0.29) is 40.8 Å². The normalized spacial score (nSPS) is 16.7. The fourth-order valence-electron chi connectivity index (χ4n) is 5.22. The average molecular weight is 696 g/mol. The number of halogens is 6. The second kappa shape index (κ2) is 14.3. The van der Waals surface area contributed by atoms with Gasteiger partial charge in [0.2, 0.25) is 11.8 Å². The summed E-state index contributed by atoms with van der Waals surface area (Å²) in [5, 5.41) is 3.17. The molecular formula is C33H35F6N5O5. The van der Waals surface area contributed by atoms with E-state index in [9.17, 15) is 35.9 Å². The number of carbonyl (C=O) groups is 2. The first kappa shape index (κ1) is 36.9. The Morgan fingerprint density at radius 1 is 1.00 bits per heavy atom. The molecule has 1 aromatic carbocycles. The Labute approximate surface area is 278 Å². The van der Waals surface area contributed by atoms with E-state index in [0.29, 0.717) is 36.4 Å². The third kappa shape index (κ3) is 9.18. The molecule has 3 aromatic rings. The van der Waals surface area contributed by atoms with Gasteiger partial charge in [0.05, 0.1) is 48.5 Å². The lowest BCUT2D eigenvalue weighted by Gasteiger charge is -2.40. The van der Waals surface area contributed by atoms with Gasteiger partial charge in [-0.15, -0.1) is 0 Å². The molecule has 16 heteroatoms. The van der Waals surface area contributed by atoms with Crippen LogP contribution in [0.4, 0.5) is 42.8 Å². The van der Waals surface area contributed by atoms with Crippen molar-refractivity contribution in [3.63, 3.8) is 0 Å². The number of anilines is 2. The Kier molecular flexibility index (Phi) is 10.8. The molecule has 0 spiro atoms. The van der Waals surface area contributed by atoms with Crippen LogP contribution in [0.5, 0.6) is 5.88 Å². The fraction of sp³-hybridized carbons (Fsp3) is 0.424. The highest BCUT2D eigenvalue weighted by Gasteiger charge is 2.40. The minimum Gasteiger partial charge on any atom is -0.481 e. The standard InChI is InChI=1S/C33H35F6N5O5/c1-7-22-16-24(28-25(9-10-26(43-28)47-5)44(22)30(46)49-31(2,3)4)42-29-40-17-19(8-11-27(45)48-6)23(41-29)14-18-12-20(32(34,35)36)15-21(13-18)33(37,38)39/h8-13,15,17,22,24H,7,14,16H2,1-6H3,(H,40,41,42)/t22-,24+/m1/s1. The number of carbonyl (C=O) groups excluding carboxylic acids is 2. The molecule has 1 amide bonds. The highest BCUT2D eigenvalue weighted by atomic mass is 19.4. The van der Waals surface area contributed by atoms with Crippen molar-refractivity contribution >= 4 is 29.8 Å². The van der Waals surface area contributed by atoms with E-state index in [2.05, 4.69) is 25.0 Å². The maximum atomic E-state index is 13.6. The van der Waals surface area contributed by atoms with Crippen molar-refractivity contribution in [1.82, 2.24) is 15.0 Å². The number of ether oxygens (including phenoxy) is 3. The van der Waals surface area contributed by atoms with Crippen molar-refractivity contribution in [3.8, 4) is 5.88 Å². The number of nitrogens with zero attached hydrogens (tertiary/aromatic N) is 4. The number of pyridine rings is 1. The number of alkyl halides is 6. The topological polar surface area (TPSA) is 116 Å². The Balaban J connectivity index is 1.79. The maximum Gasteiger partial charge on any atom is 0.416 e. The van der Waals surface area contributed by atoms with Crippen LogP contribution in [0, 0.1) is 0 Å². The van der Waals surface area contributed by atoms with Crippen molar-refractivity contribution in [1.29, 1.82) is 0 Å². The van der Waals surface area contributed by atoms with Crippen LogP contribution in [0.15, 0.2) is 42.6 Å². The summed E-state index contributed by atoms with van der Waals surface area (Å²) < 4.78 is 97.2. The molecule has 0 saturated carbocycles. The molecule has 0 aliphatic carbocycles. The van der Waals surface area contributed by atoms with Crippen molar-refractivity contribution in [2.45, 2.75) is 77.0 Å². The zero-order valence-electron chi connectivity index (χ0n) is 27.5. The fourth-order valence-corrected chi connectivity index (χ4v) is 5.22. The predicted octanol–water partition coefficient (Wildman–Crippen LogP) is 7.77. The number of nitrogens with one attached hydrogen (secondary N) is 1. The van der Waals surface area contributed by atoms with Gasteiger partial charge >= 0.3 is 24.4 Å². The molecule has 0 fully saturated rings. The third-order valence-corrected chi connectivity index (χ3v) is 7.43. The SMILES string of the molecule is CC[C@@H]1C[C@H](Nc2ncc(C=CC(=O)OC)c(Cc3cc(C(F)(F)F)cc(C(F)(F)F)c3)n2)c2nc(OC)ccc2N1C(=O)OC(C)(C)C. The number of aromatic nitrogens is 3. The largest absolute Gasteiger partial charge is 0.481 e. The second-order valence-corrected chi connectivity index (χ2v) is 12.1. The monoisotopic (exact) mass is 695 g/mol. The highest BCUT2D eigenvalue weighted by Crippen LogP contribution is 2.41. The van der Waals surface area contributed by atoms with Gasteiger partial charge in [-0.25, -0.2) is 24.5 Å². The summed E-state index contributed by atoms with van der Waals surface area (Å²) in [6, 6.07) is 3.53. The molecule has 4 rings (SSSR count). The van der Waals surface area contributed by atoms with E-state index in [1.165, 1.54) is 24.3 Å². The molecule has 2 aromatic heterocycles. The molecule has 264 valence electrons. The summed E-state index contributed by atoms with van der Waals surface area (Å²) in [7, 11) is 2.56. The Hall–Kier alpha value is -4.89. The first-order valence-electron chi connectivity index (χ1n) is 15.1. The van der Waals surface area contributed by atoms with Crippen LogP contribution < -0.4 is 15.0 Å². The lowest BCUT2D eigenvalue weighted by molar-refractivity contribution is -0.143. The van der Waals surface area contributed by atoms with E-state index in [1.807, 2.05) is 6.92 Å². The summed E-state index contributed by atoms with van der Waals surface area (Å²) in [6.07, 6.45) is -6.80. The summed E-state index contributed by atoms with van der Waals surface area (Å²) in [5.41, 5.74) is -3.07. The molecule has 3 heterocycles. The number of fused-ring (bicyclic) bond motifs is 1. The molecule has 1 aliphatic rings. The number of hydrogen-bond acceptors (Lipinski definition) is 9. The second-order valence-electron chi connectivity index (χ2n) is 12.1. The highest BCUT2D eigenvalue weighted by molar-refractivity contribution is 5.90. The summed E-state index contributed by atoms with van der Waals surface area (Å²) in [5.74, 6) is -0.542. The van der Waals surface area contributed by atoms with Gasteiger partial charge in [-0.3, -0.25) is 4.90 Å². The van der Waals surface area contributed by atoms with Gasteiger partial charge in [0, 0.05) is 36.4 Å². The third-order valence-electron chi connectivity index (χ3n) is 7.43. The van der Waals surface area contributed by atoms with Crippen molar-refractivity contribution < 1.29 is 50.1 Å². The molecule has 10 nitrogen and oxygen atoms in total. The number of esters is 1. The average Bonchev–Trinajstić information content (AvgIpc) is 3.01. The van der Waals surface area contributed by atoms with Gasteiger partial charge < -0.3 is 19.5 Å². The zero-order valence-corrected chi connectivity index (χ0v) is 27.5.